The first-order valence-electron chi connectivity index (χ1n) is 5.77. The molecule has 2 rings (SSSR count). The van der Waals surface area contributed by atoms with E-state index in [0.29, 0.717) is 11.3 Å². The molecule has 0 aliphatic carbocycles. The smallest absolute Gasteiger partial charge is 0.326 e. The molecule has 20 heavy (non-hydrogen) atoms. The molecule has 0 radical (unpaired) electrons. The maximum atomic E-state index is 11.3. The van der Waals surface area contributed by atoms with E-state index in [9.17, 15) is 19.5 Å². The summed E-state index contributed by atoms with van der Waals surface area (Å²) in [5, 5.41) is 15.0. The second-order valence-electron chi connectivity index (χ2n) is 4.11. The number of hydrogen-bond donors (Lipinski definition) is 2. The summed E-state index contributed by atoms with van der Waals surface area (Å²) in [5.74, 6) is -1.44. The van der Waals surface area contributed by atoms with Crippen LogP contribution in [0.25, 0.3) is 6.08 Å². The number of carboxylic acid groups (broad SMARTS) is 1. The number of carboxylic acids is 1. The van der Waals surface area contributed by atoms with Gasteiger partial charge in [-0.1, -0.05) is 12.1 Å². The fourth-order valence-electron chi connectivity index (χ4n) is 1.54. The minimum absolute atomic E-state index is 0.145. The van der Waals surface area contributed by atoms with Crippen LogP contribution in [0.4, 0.5) is 4.79 Å². The van der Waals surface area contributed by atoms with Crippen molar-refractivity contribution in [2.45, 2.75) is 13.0 Å². The third-order valence-electron chi connectivity index (χ3n) is 2.56. The van der Waals surface area contributed by atoms with Crippen LogP contribution in [0.1, 0.15) is 12.5 Å². The van der Waals surface area contributed by atoms with Gasteiger partial charge in [0.15, 0.2) is 0 Å². The van der Waals surface area contributed by atoms with Crippen molar-refractivity contribution in [1.29, 1.82) is 0 Å². The van der Waals surface area contributed by atoms with E-state index in [-0.39, 0.29) is 5.70 Å². The van der Waals surface area contributed by atoms with Gasteiger partial charge < -0.3 is 20.0 Å². The minimum Gasteiger partial charge on any atom is -0.546 e. The van der Waals surface area contributed by atoms with Crippen LogP contribution >= 0.6 is 0 Å². The van der Waals surface area contributed by atoms with Crippen molar-refractivity contribution in [1.82, 2.24) is 10.6 Å². The van der Waals surface area contributed by atoms with Crippen LogP contribution in [0, 0.1) is 0 Å². The van der Waals surface area contributed by atoms with Crippen LogP contribution in [-0.2, 0) is 9.59 Å². The van der Waals surface area contributed by atoms with Crippen molar-refractivity contribution >= 4 is 24.0 Å². The average molecular weight is 275 g/mol. The number of aliphatic carboxylic acids is 1. The predicted octanol–water partition coefficient (Wildman–Crippen LogP) is -0.616. The lowest BCUT2D eigenvalue weighted by atomic mass is 10.2. The van der Waals surface area contributed by atoms with Gasteiger partial charge in [0.2, 0.25) is 0 Å². The molecular formula is C13H11N2O5-. The lowest BCUT2D eigenvalue weighted by molar-refractivity contribution is -0.312. The Kier molecular flexibility index (Phi) is 3.69. The Morgan fingerprint density at radius 3 is 2.40 bits per heavy atom. The van der Waals surface area contributed by atoms with Crippen LogP contribution in [-0.4, -0.2) is 24.0 Å². The summed E-state index contributed by atoms with van der Waals surface area (Å²) in [4.78, 5) is 32.8. The number of nitrogens with one attached hydrogen (secondary N) is 2. The van der Waals surface area contributed by atoms with Gasteiger partial charge >= 0.3 is 6.03 Å². The van der Waals surface area contributed by atoms with E-state index in [4.69, 9.17) is 4.74 Å². The summed E-state index contributed by atoms with van der Waals surface area (Å²) < 4.78 is 5.11. The molecule has 1 atom stereocenters. The predicted molar refractivity (Wildman–Crippen MR) is 66.2 cm³/mol. The van der Waals surface area contributed by atoms with E-state index < -0.39 is 24.0 Å². The molecular weight excluding hydrogens is 264 g/mol. The molecule has 0 bridgehead atoms. The van der Waals surface area contributed by atoms with E-state index in [1.807, 2.05) is 0 Å². The van der Waals surface area contributed by atoms with Crippen LogP contribution in [0.5, 0.6) is 5.75 Å². The fourth-order valence-corrected chi connectivity index (χ4v) is 1.54. The van der Waals surface area contributed by atoms with Gasteiger partial charge in [-0.2, -0.15) is 0 Å². The fraction of sp³-hybridized carbons (Fsp3) is 0.154. The molecule has 1 fully saturated rings. The highest BCUT2D eigenvalue weighted by Gasteiger charge is 2.22. The molecule has 3 amide bonds. The number of ether oxygens (including phenoxy) is 1. The Morgan fingerprint density at radius 1 is 1.25 bits per heavy atom. The minimum atomic E-state index is -1.30. The molecule has 1 aromatic carbocycles. The molecule has 1 aliphatic heterocycles. The van der Waals surface area contributed by atoms with Gasteiger partial charge in [-0.25, -0.2) is 4.79 Å². The van der Waals surface area contributed by atoms with Gasteiger partial charge in [0.1, 0.15) is 17.6 Å². The van der Waals surface area contributed by atoms with Crippen LogP contribution in [0.3, 0.4) is 0 Å². The van der Waals surface area contributed by atoms with Crippen molar-refractivity contribution in [3.05, 3.63) is 35.5 Å². The van der Waals surface area contributed by atoms with Crippen LogP contribution in [0.15, 0.2) is 30.0 Å². The van der Waals surface area contributed by atoms with Crippen molar-refractivity contribution in [2.24, 2.45) is 0 Å². The maximum Gasteiger partial charge on any atom is 0.326 e. The number of rotatable bonds is 4. The maximum absolute atomic E-state index is 11.3. The molecule has 0 spiro atoms. The Labute approximate surface area is 114 Å². The second kappa shape index (κ2) is 5.43. The average Bonchev–Trinajstić information content (AvgIpc) is 2.70. The van der Waals surface area contributed by atoms with Gasteiger partial charge in [-0.05, 0) is 30.7 Å². The van der Waals surface area contributed by atoms with Gasteiger partial charge in [0.25, 0.3) is 5.91 Å². The van der Waals surface area contributed by atoms with Gasteiger partial charge in [-0.15, -0.1) is 0 Å². The van der Waals surface area contributed by atoms with E-state index in [0.717, 1.165) is 0 Å². The van der Waals surface area contributed by atoms with E-state index in [1.165, 1.54) is 13.0 Å². The molecule has 2 N–H and O–H groups in total. The summed E-state index contributed by atoms with van der Waals surface area (Å²) >= 11 is 0. The Balaban J connectivity index is 2.09. The monoisotopic (exact) mass is 275 g/mol. The van der Waals surface area contributed by atoms with Crippen LogP contribution in [0.2, 0.25) is 0 Å². The van der Waals surface area contributed by atoms with Crippen molar-refractivity contribution in [3.63, 3.8) is 0 Å². The number of amides is 3. The molecule has 1 saturated heterocycles. The standard InChI is InChI=1S/C13H12N2O5/c1-7(12(17)18)20-9-4-2-8(3-5-9)6-10-11(16)15-13(19)14-10/h2-7H,1H3,(H,17,18)(H2,14,15,16,19)/p-1/b10-6-/t7-/m0/s1. The third-order valence-corrected chi connectivity index (χ3v) is 2.56. The van der Waals surface area contributed by atoms with Crippen LogP contribution < -0.4 is 20.5 Å². The Hall–Kier alpha value is -2.83. The number of imide groups is 1. The molecule has 1 heterocycles. The number of hydrogen-bond acceptors (Lipinski definition) is 5. The molecule has 0 aromatic heterocycles. The zero-order chi connectivity index (χ0) is 14.7. The zero-order valence-corrected chi connectivity index (χ0v) is 10.5. The summed E-state index contributed by atoms with van der Waals surface area (Å²) in [5.41, 5.74) is 0.803. The molecule has 7 heteroatoms. The third kappa shape index (κ3) is 3.14. The number of benzene rings is 1. The highest BCUT2D eigenvalue weighted by Crippen LogP contribution is 2.16. The molecule has 0 saturated carbocycles. The first-order valence-corrected chi connectivity index (χ1v) is 5.77. The summed E-state index contributed by atoms with van der Waals surface area (Å²) in [6.07, 6.45) is 0.436. The lowest BCUT2D eigenvalue weighted by Gasteiger charge is -2.15. The molecule has 1 aliphatic rings. The first kappa shape index (κ1) is 13.6. The number of carbonyl (C=O) groups excluding carboxylic acids is 3. The first-order chi connectivity index (χ1) is 9.45. The summed E-state index contributed by atoms with van der Waals surface area (Å²) in [6.45, 7) is 1.36. The summed E-state index contributed by atoms with van der Waals surface area (Å²) in [7, 11) is 0. The van der Waals surface area contributed by atoms with Crippen molar-refractivity contribution in [3.8, 4) is 5.75 Å². The lowest BCUT2D eigenvalue weighted by Crippen LogP contribution is -2.37. The Bertz CT molecular complexity index is 591. The Morgan fingerprint density at radius 2 is 1.90 bits per heavy atom. The SMILES string of the molecule is C[C@H](Oc1ccc(/C=C2\NC(=O)NC2=O)cc1)C(=O)[O-]. The van der Waals surface area contributed by atoms with E-state index >= 15 is 0 Å². The van der Waals surface area contributed by atoms with E-state index in [1.54, 1.807) is 24.3 Å². The topological polar surface area (TPSA) is 108 Å². The molecule has 104 valence electrons. The van der Waals surface area contributed by atoms with E-state index in [2.05, 4.69) is 10.6 Å². The summed E-state index contributed by atoms with van der Waals surface area (Å²) in [6, 6.07) is 5.80. The molecule has 7 nitrogen and oxygen atoms in total. The normalized spacial score (nSPS) is 17.6. The van der Waals surface area contributed by atoms with Crippen molar-refractivity contribution in [2.75, 3.05) is 0 Å². The quantitative estimate of drug-likeness (QED) is 0.562. The number of urea groups is 1. The molecule has 1 aromatic rings. The zero-order valence-electron chi connectivity index (χ0n) is 10.5. The largest absolute Gasteiger partial charge is 0.546 e. The highest BCUT2D eigenvalue weighted by molar-refractivity contribution is 6.13. The van der Waals surface area contributed by atoms with Gasteiger partial charge in [0, 0.05) is 0 Å². The number of carbonyl (C=O) groups is 3. The molecule has 0 unspecified atom stereocenters. The second-order valence-corrected chi connectivity index (χ2v) is 4.11. The highest BCUT2D eigenvalue weighted by atomic mass is 16.5. The van der Waals surface area contributed by atoms with Gasteiger partial charge in [0.05, 0.1) is 5.97 Å². The van der Waals surface area contributed by atoms with Gasteiger partial charge in [-0.3, -0.25) is 10.1 Å². The van der Waals surface area contributed by atoms with Crippen molar-refractivity contribution < 1.29 is 24.2 Å².